The van der Waals surface area contributed by atoms with E-state index in [0.29, 0.717) is 30.5 Å². The molecule has 4 fully saturated rings. The van der Waals surface area contributed by atoms with E-state index in [1.54, 1.807) is 16.8 Å². The first kappa shape index (κ1) is 14.9. The smallest absolute Gasteiger partial charge is 0.320 e. The quantitative estimate of drug-likeness (QED) is 0.780. The highest BCUT2D eigenvalue weighted by atomic mass is 35.5. The molecule has 4 heterocycles. The summed E-state index contributed by atoms with van der Waals surface area (Å²) in [6, 6.07) is 0.831. The molecular formula is C14H23ClN4O2. The number of halogens is 1. The molecule has 0 saturated carbocycles. The molecule has 4 aliphatic rings. The summed E-state index contributed by atoms with van der Waals surface area (Å²) in [6.45, 7) is 3.79. The van der Waals surface area contributed by atoms with Gasteiger partial charge in [-0.1, -0.05) is 0 Å². The second kappa shape index (κ2) is 5.32. The molecule has 1 N–H and O–H groups in total. The zero-order chi connectivity index (χ0) is 13.9. The maximum absolute atomic E-state index is 12.6. The molecule has 4 rings (SSSR count). The SMILES string of the molecule is CN1CCN(CC(=O)N2[C@@H]3CC[C@H]2[C@H]2CNC[C@H]23)C1=O.Cl. The third kappa shape index (κ3) is 2.11. The van der Waals surface area contributed by atoms with Gasteiger partial charge in [-0.25, -0.2) is 4.79 Å². The van der Waals surface area contributed by atoms with E-state index >= 15 is 0 Å². The van der Waals surface area contributed by atoms with Crippen molar-refractivity contribution in [1.29, 1.82) is 0 Å². The van der Waals surface area contributed by atoms with Crippen LogP contribution in [-0.4, -0.2) is 78.5 Å². The van der Waals surface area contributed by atoms with Crippen LogP contribution in [0.5, 0.6) is 0 Å². The highest BCUT2D eigenvalue weighted by molar-refractivity contribution is 5.86. The first-order valence-corrected chi connectivity index (χ1v) is 7.69. The van der Waals surface area contributed by atoms with Gasteiger partial charge in [-0.3, -0.25) is 4.79 Å². The molecule has 0 spiro atoms. The van der Waals surface area contributed by atoms with Crippen LogP contribution in [0.15, 0.2) is 0 Å². The van der Waals surface area contributed by atoms with Gasteiger partial charge in [0.05, 0.1) is 0 Å². The number of likely N-dealkylation sites (N-methyl/N-ethyl adjacent to an activating group) is 1. The normalized spacial score (nSPS) is 37.2. The Kier molecular flexibility index (Phi) is 3.78. The number of carbonyl (C=O) groups excluding carboxylic acids is 2. The Bertz CT molecular complexity index is 442. The lowest BCUT2D eigenvalue weighted by atomic mass is 9.82. The minimum atomic E-state index is -0.00763. The van der Waals surface area contributed by atoms with Gasteiger partial charge in [0.1, 0.15) is 6.54 Å². The van der Waals surface area contributed by atoms with E-state index in [1.165, 1.54) is 0 Å². The van der Waals surface area contributed by atoms with Crippen molar-refractivity contribution in [1.82, 2.24) is 20.0 Å². The molecule has 4 saturated heterocycles. The molecule has 0 unspecified atom stereocenters. The molecule has 7 heteroatoms. The summed E-state index contributed by atoms with van der Waals surface area (Å²) in [6.07, 6.45) is 2.29. The van der Waals surface area contributed by atoms with Gasteiger partial charge in [-0.2, -0.15) is 0 Å². The van der Waals surface area contributed by atoms with Gasteiger partial charge in [-0.15, -0.1) is 12.4 Å². The predicted octanol–water partition coefficient (Wildman–Crippen LogP) is -0.0156. The summed E-state index contributed by atoms with van der Waals surface area (Å²) in [5.41, 5.74) is 0. The van der Waals surface area contributed by atoms with Crippen molar-refractivity contribution in [3.63, 3.8) is 0 Å². The monoisotopic (exact) mass is 314 g/mol. The van der Waals surface area contributed by atoms with Crippen LogP contribution in [0.1, 0.15) is 12.8 Å². The van der Waals surface area contributed by atoms with Crippen LogP contribution in [-0.2, 0) is 4.79 Å². The molecule has 4 atom stereocenters. The molecule has 0 aromatic carbocycles. The van der Waals surface area contributed by atoms with Crippen molar-refractivity contribution in [2.24, 2.45) is 11.8 Å². The van der Waals surface area contributed by atoms with Gasteiger partial charge in [0, 0.05) is 45.3 Å². The van der Waals surface area contributed by atoms with E-state index in [2.05, 4.69) is 10.2 Å². The minimum Gasteiger partial charge on any atom is -0.335 e. The largest absolute Gasteiger partial charge is 0.335 e. The van der Waals surface area contributed by atoms with Crippen molar-refractivity contribution < 1.29 is 9.59 Å². The Morgan fingerprint density at radius 2 is 1.81 bits per heavy atom. The third-order valence-corrected chi connectivity index (χ3v) is 5.69. The number of amides is 3. The summed E-state index contributed by atoms with van der Waals surface area (Å²) in [5.74, 6) is 1.46. The molecule has 0 radical (unpaired) electrons. The zero-order valence-electron chi connectivity index (χ0n) is 12.3. The van der Waals surface area contributed by atoms with Gasteiger partial charge >= 0.3 is 6.03 Å². The fourth-order valence-corrected chi connectivity index (χ4v) is 4.73. The zero-order valence-corrected chi connectivity index (χ0v) is 13.1. The molecule has 0 aromatic rings. The summed E-state index contributed by atoms with van der Waals surface area (Å²) < 4.78 is 0. The van der Waals surface area contributed by atoms with Crippen molar-refractivity contribution in [2.75, 3.05) is 39.8 Å². The number of nitrogens with one attached hydrogen (secondary N) is 1. The fourth-order valence-electron chi connectivity index (χ4n) is 4.73. The summed E-state index contributed by atoms with van der Waals surface area (Å²) in [7, 11) is 1.79. The Labute approximate surface area is 131 Å². The summed E-state index contributed by atoms with van der Waals surface area (Å²) in [4.78, 5) is 30.0. The Morgan fingerprint density at radius 1 is 1.19 bits per heavy atom. The second-order valence-corrected chi connectivity index (χ2v) is 6.62. The van der Waals surface area contributed by atoms with E-state index in [4.69, 9.17) is 0 Å². The highest BCUT2D eigenvalue weighted by Gasteiger charge is 2.56. The highest BCUT2D eigenvalue weighted by Crippen LogP contribution is 2.47. The number of fused-ring (bicyclic) bond motifs is 5. The van der Waals surface area contributed by atoms with E-state index in [1.807, 2.05) is 0 Å². The average molecular weight is 315 g/mol. The molecule has 0 aliphatic carbocycles. The van der Waals surface area contributed by atoms with Crippen molar-refractivity contribution in [3.8, 4) is 0 Å². The van der Waals surface area contributed by atoms with Gasteiger partial charge in [0.25, 0.3) is 0 Å². The van der Waals surface area contributed by atoms with Crippen molar-refractivity contribution in [2.45, 2.75) is 24.9 Å². The third-order valence-electron chi connectivity index (χ3n) is 5.69. The van der Waals surface area contributed by atoms with Gasteiger partial charge in [0.2, 0.25) is 5.91 Å². The maximum Gasteiger partial charge on any atom is 0.320 e. The molecule has 21 heavy (non-hydrogen) atoms. The van der Waals surface area contributed by atoms with Crippen molar-refractivity contribution in [3.05, 3.63) is 0 Å². The molecule has 6 nitrogen and oxygen atoms in total. The second-order valence-electron chi connectivity index (χ2n) is 6.62. The maximum atomic E-state index is 12.6. The van der Waals surface area contributed by atoms with E-state index in [0.717, 1.165) is 32.5 Å². The van der Waals surface area contributed by atoms with Crippen LogP contribution in [0.25, 0.3) is 0 Å². The minimum absolute atomic E-state index is 0. The fraction of sp³-hybridized carbons (Fsp3) is 0.857. The molecule has 3 amide bonds. The van der Waals surface area contributed by atoms with Crippen molar-refractivity contribution >= 4 is 24.3 Å². The molecule has 4 aliphatic heterocycles. The topological polar surface area (TPSA) is 55.9 Å². The lowest BCUT2D eigenvalue weighted by Gasteiger charge is -2.27. The molecular weight excluding hydrogens is 292 g/mol. The van der Waals surface area contributed by atoms with E-state index in [9.17, 15) is 9.59 Å². The number of carbonyl (C=O) groups is 2. The standard InChI is InChI=1S/C14H22N4O2.ClH/c1-16-4-5-17(14(16)20)8-13(19)18-11-2-3-12(18)10-7-15-6-9(10)11;/h9-12,15H,2-8H2,1H3;1H/t9-,10+,11-,12+;. The lowest BCUT2D eigenvalue weighted by Crippen LogP contribution is -2.45. The first-order chi connectivity index (χ1) is 9.66. The molecule has 2 bridgehead atoms. The number of rotatable bonds is 2. The van der Waals surface area contributed by atoms with Gasteiger partial charge < -0.3 is 20.0 Å². The Morgan fingerprint density at radius 3 is 2.33 bits per heavy atom. The number of hydrogen-bond acceptors (Lipinski definition) is 3. The molecule has 118 valence electrons. The predicted molar refractivity (Wildman–Crippen MR) is 80.4 cm³/mol. The summed E-state index contributed by atoms with van der Waals surface area (Å²) >= 11 is 0. The lowest BCUT2D eigenvalue weighted by molar-refractivity contribution is -0.133. The summed E-state index contributed by atoms with van der Waals surface area (Å²) in [5, 5.41) is 3.46. The Balaban J connectivity index is 0.00000132. The number of urea groups is 1. The number of nitrogens with zero attached hydrogens (tertiary/aromatic N) is 3. The average Bonchev–Trinajstić information content (AvgIpc) is 3.14. The van der Waals surface area contributed by atoms with Crippen LogP contribution in [0.4, 0.5) is 4.79 Å². The van der Waals surface area contributed by atoms with E-state index in [-0.39, 0.29) is 30.9 Å². The van der Waals surface area contributed by atoms with Crippen LogP contribution in [0, 0.1) is 11.8 Å². The Hall–Kier alpha value is -1.01. The van der Waals surface area contributed by atoms with Crippen LogP contribution in [0.3, 0.4) is 0 Å². The number of hydrogen-bond donors (Lipinski definition) is 1. The van der Waals surface area contributed by atoms with Crippen LogP contribution in [0.2, 0.25) is 0 Å². The van der Waals surface area contributed by atoms with E-state index < -0.39 is 0 Å². The van der Waals surface area contributed by atoms with Crippen LogP contribution >= 0.6 is 12.4 Å². The van der Waals surface area contributed by atoms with Gasteiger partial charge in [0.15, 0.2) is 0 Å². The first-order valence-electron chi connectivity index (χ1n) is 7.69. The van der Waals surface area contributed by atoms with Gasteiger partial charge in [-0.05, 0) is 24.7 Å². The van der Waals surface area contributed by atoms with Crippen LogP contribution < -0.4 is 5.32 Å². The molecule has 0 aromatic heterocycles.